The Kier molecular flexibility index (Phi) is 4.04. The van der Waals surface area contributed by atoms with E-state index in [1.54, 1.807) is 7.11 Å². The van der Waals surface area contributed by atoms with E-state index in [9.17, 15) is 0 Å². The molecule has 2 rings (SSSR count). The van der Waals surface area contributed by atoms with Crippen LogP contribution in [0.3, 0.4) is 0 Å². The molecule has 0 bridgehead atoms. The van der Waals surface area contributed by atoms with Crippen molar-refractivity contribution in [2.45, 2.75) is 13.5 Å². The highest BCUT2D eigenvalue weighted by atomic mass is 16.5. The third-order valence-corrected chi connectivity index (χ3v) is 2.91. The molecule has 0 radical (unpaired) electrons. The Labute approximate surface area is 113 Å². The molecule has 96 valence electrons. The Morgan fingerprint density at radius 2 is 2.05 bits per heavy atom. The van der Waals surface area contributed by atoms with Crippen LogP contribution in [0, 0.1) is 18.3 Å². The largest absolute Gasteiger partial charge is 0.497 e. The zero-order chi connectivity index (χ0) is 13.7. The van der Waals surface area contributed by atoms with E-state index in [0.717, 1.165) is 22.6 Å². The van der Waals surface area contributed by atoms with Gasteiger partial charge in [0.1, 0.15) is 11.8 Å². The lowest BCUT2D eigenvalue weighted by molar-refractivity contribution is 0.414. The Balaban J connectivity index is 2.14. The number of methoxy groups -OCH3 is 1. The molecule has 0 aliphatic rings. The monoisotopic (exact) mass is 252 g/mol. The van der Waals surface area contributed by atoms with Gasteiger partial charge >= 0.3 is 0 Å². The van der Waals surface area contributed by atoms with Gasteiger partial charge < -0.3 is 10.1 Å². The molecule has 3 nitrogen and oxygen atoms in total. The topological polar surface area (TPSA) is 45.0 Å². The number of ether oxygens (including phenoxy) is 1. The predicted molar refractivity (Wildman–Crippen MR) is 76.2 cm³/mol. The molecule has 1 N–H and O–H groups in total. The van der Waals surface area contributed by atoms with E-state index in [0.29, 0.717) is 12.1 Å². The summed E-state index contributed by atoms with van der Waals surface area (Å²) in [4.78, 5) is 0. The van der Waals surface area contributed by atoms with Crippen LogP contribution >= 0.6 is 0 Å². The van der Waals surface area contributed by atoms with Crippen molar-refractivity contribution in [3.63, 3.8) is 0 Å². The maximum absolute atomic E-state index is 9.08. The molecular weight excluding hydrogens is 236 g/mol. The van der Waals surface area contributed by atoms with Gasteiger partial charge in [0.15, 0.2) is 0 Å². The molecule has 0 saturated heterocycles. The minimum Gasteiger partial charge on any atom is -0.497 e. The van der Waals surface area contributed by atoms with Crippen LogP contribution in [-0.4, -0.2) is 7.11 Å². The average Bonchev–Trinajstić information content (AvgIpc) is 2.45. The van der Waals surface area contributed by atoms with Crippen LogP contribution < -0.4 is 10.1 Å². The van der Waals surface area contributed by atoms with Gasteiger partial charge in [-0.1, -0.05) is 18.2 Å². The molecule has 0 heterocycles. The van der Waals surface area contributed by atoms with Crippen LogP contribution in [0.15, 0.2) is 42.5 Å². The van der Waals surface area contributed by atoms with E-state index in [1.165, 1.54) is 0 Å². The number of aryl methyl sites for hydroxylation is 1. The van der Waals surface area contributed by atoms with E-state index in [1.807, 2.05) is 49.4 Å². The van der Waals surface area contributed by atoms with Crippen molar-refractivity contribution in [3.8, 4) is 11.8 Å². The number of hydrogen-bond donors (Lipinski definition) is 1. The van der Waals surface area contributed by atoms with Crippen molar-refractivity contribution in [2.24, 2.45) is 0 Å². The van der Waals surface area contributed by atoms with Gasteiger partial charge in [-0.2, -0.15) is 5.26 Å². The molecule has 0 aliphatic carbocycles. The number of rotatable bonds is 4. The highest BCUT2D eigenvalue weighted by molar-refractivity contribution is 5.59. The number of nitrogens with one attached hydrogen (secondary N) is 1. The lowest BCUT2D eigenvalue weighted by Crippen LogP contribution is -2.01. The second-order valence-corrected chi connectivity index (χ2v) is 4.37. The van der Waals surface area contributed by atoms with Gasteiger partial charge in [-0.15, -0.1) is 0 Å². The minimum absolute atomic E-state index is 0.661. The van der Waals surface area contributed by atoms with E-state index in [4.69, 9.17) is 10.00 Å². The Hall–Kier alpha value is -2.47. The standard InChI is InChI=1S/C16H16N2O/c1-12-6-7-14(10-17)16(8-12)18-11-13-4-3-5-15(9-13)19-2/h3-9,18H,11H2,1-2H3. The summed E-state index contributed by atoms with van der Waals surface area (Å²) in [6, 6.07) is 15.8. The smallest absolute Gasteiger partial charge is 0.119 e. The SMILES string of the molecule is COc1cccc(CNc2cc(C)ccc2C#N)c1. The lowest BCUT2D eigenvalue weighted by Gasteiger charge is -2.10. The summed E-state index contributed by atoms with van der Waals surface area (Å²) in [5.41, 5.74) is 3.77. The average molecular weight is 252 g/mol. The van der Waals surface area contributed by atoms with Crippen LogP contribution in [0.25, 0.3) is 0 Å². The van der Waals surface area contributed by atoms with E-state index in [-0.39, 0.29) is 0 Å². The summed E-state index contributed by atoms with van der Waals surface area (Å²) in [5, 5.41) is 12.4. The molecule has 19 heavy (non-hydrogen) atoms. The first kappa shape index (κ1) is 13.0. The molecule has 2 aromatic rings. The van der Waals surface area contributed by atoms with Gasteiger partial charge in [0, 0.05) is 6.54 Å². The van der Waals surface area contributed by atoms with Crippen LogP contribution in [0.1, 0.15) is 16.7 Å². The fraction of sp³-hybridized carbons (Fsp3) is 0.188. The maximum Gasteiger partial charge on any atom is 0.119 e. The Bertz CT molecular complexity index is 614. The molecule has 0 fully saturated rings. The van der Waals surface area contributed by atoms with Crippen molar-refractivity contribution in [2.75, 3.05) is 12.4 Å². The quantitative estimate of drug-likeness (QED) is 0.906. The Morgan fingerprint density at radius 1 is 1.21 bits per heavy atom. The summed E-state index contributed by atoms with van der Waals surface area (Å²) in [6.45, 7) is 2.67. The first-order valence-electron chi connectivity index (χ1n) is 6.10. The number of nitriles is 1. The minimum atomic E-state index is 0.661. The molecule has 2 aromatic carbocycles. The van der Waals surface area contributed by atoms with Gasteiger partial charge in [0.25, 0.3) is 0 Å². The summed E-state index contributed by atoms with van der Waals surface area (Å²) < 4.78 is 5.19. The van der Waals surface area contributed by atoms with Crippen molar-refractivity contribution in [1.29, 1.82) is 5.26 Å². The number of benzene rings is 2. The molecule has 0 spiro atoms. The molecule has 0 unspecified atom stereocenters. The zero-order valence-corrected chi connectivity index (χ0v) is 11.1. The summed E-state index contributed by atoms with van der Waals surface area (Å²) in [7, 11) is 1.65. The second kappa shape index (κ2) is 5.92. The third kappa shape index (κ3) is 3.26. The fourth-order valence-electron chi connectivity index (χ4n) is 1.88. The number of hydrogen-bond acceptors (Lipinski definition) is 3. The molecule has 0 amide bonds. The van der Waals surface area contributed by atoms with Crippen LogP contribution in [0.5, 0.6) is 5.75 Å². The van der Waals surface area contributed by atoms with Gasteiger partial charge in [-0.3, -0.25) is 0 Å². The summed E-state index contributed by atoms with van der Waals surface area (Å²) >= 11 is 0. The maximum atomic E-state index is 9.08. The normalized spacial score (nSPS) is 9.74. The van der Waals surface area contributed by atoms with Crippen molar-refractivity contribution < 1.29 is 4.74 Å². The summed E-state index contributed by atoms with van der Waals surface area (Å²) in [6.07, 6.45) is 0. The third-order valence-electron chi connectivity index (χ3n) is 2.91. The Morgan fingerprint density at radius 3 is 2.79 bits per heavy atom. The van der Waals surface area contributed by atoms with Crippen LogP contribution in [0.4, 0.5) is 5.69 Å². The molecule has 0 aromatic heterocycles. The molecular formula is C16H16N2O. The van der Waals surface area contributed by atoms with Crippen LogP contribution in [0.2, 0.25) is 0 Å². The van der Waals surface area contributed by atoms with Gasteiger partial charge in [0.2, 0.25) is 0 Å². The first-order valence-corrected chi connectivity index (χ1v) is 6.10. The lowest BCUT2D eigenvalue weighted by atomic mass is 10.1. The van der Waals surface area contributed by atoms with Crippen molar-refractivity contribution in [1.82, 2.24) is 0 Å². The summed E-state index contributed by atoms with van der Waals surface area (Å²) in [5.74, 6) is 0.837. The highest BCUT2D eigenvalue weighted by Gasteiger charge is 2.02. The van der Waals surface area contributed by atoms with E-state index >= 15 is 0 Å². The molecule has 3 heteroatoms. The zero-order valence-electron chi connectivity index (χ0n) is 11.1. The number of nitrogens with zero attached hydrogens (tertiary/aromatic N) is 1. The molecule has 0 aliphatic heterocycles. The molecule has 0 atom stereocenters. The van der Waals surface area contributed by atoms with Gasteiger partial charge in [-0.25, -0.2) is 0 Å². The number of anilines is 1. The highest BCUT2D eigenvalue weighted by Crippen LogP contribution is 2.19. The molecule has 0 saturated carbocycles. The second-order valence-electron chi connectivity index (χ2n) is 4.37. The van der Waals surface area contributed by atoms with Gasteiger partial charge in [-0.05, 0) is 42.3 Å². The van der Waals surface area contributed by atoms with E-state index < -0.39 is 0 Å². The van der Waals surface area contributed by atoms with Crippen molar-refractivity contribution in [3.05, 3.63) is 59.2 Å². The first-order chi connectivity index (χ1) is 9.22. The fourth-order valence-corrected chi connectivity index (χ4v) is 1.88. The predicted octanol–water partition coefficient (Wildman–Crippen LogP) is 3.49. The van der Waals surface area contributed by atoms with Crippen molar-refractivity contribution >= 4 is 5.69 Å². The van der Waals surface area contributed by atoms with E-state index in [2.05, 4.69) is 11.4 Å². The van der Waals surface area contributed by atoms with Gasteiger partial charge in [0.05, 0.1) is 18.4 Å². The van der Waals surface area contributed by atoms with Crippen LogP contribution in [-0.2, 0) is 6.54 Å².